The molecule has 34 heavy (non-hydrogen) atoms. The van der Waals surface area contributed by atoms with Crippen molar-refractivity contribution < 1.29 is 0 Å². The third-order valence-corrected chi connectivity index (χ3v) is 9.30. The number of nitrogens with zero attached hydrogens (tertiary/aromatic N) is 2. The van der Waals surface area contributed by atoms with E-state index in [1.54, 1.807) is 11.8 Å². The van der Waals surface area contributed by atoms with Crippen LogP contribution in [-0.2, 0) is 12.2 Å². The van der Waals surface area contributed by atoms with Crippen molar-refractivity contribution in [2.75, 3.05) is 26.2 Å². The predicted molar refractivity (Wildman–Crippen MR) is 164 cm³/mol. The molecule has 1 unspecified atom stereocenters. The van der Waals surface area contributed by atoms with E-state index in [0.29, 0.717) is 5.25 Å². The van der Waals surface area contributed by atoms with Crippen LogP contribution < -0.4 is 0 Å². The molecule has 184 valence electrons. The molecular formula is C28H38N2S4. The topological polar surface area (TPSA) is 6.48 Å². The molecule has 0 heterocycles. The van der Waals surface area contributed by atoms with Crippen molar-refractivity contribution in [2.45, 2.75) is 51.5 Å². The highest BCUT2D eigenvalue weighted by atomic mass is 32.2. The molecule has 0 saturated carbocycles. The second kappa shape index (κ2) is 15.6. The van der Waals surface area contributed by atoms with E-state index in [1.807, 2.05) is 17.8 Å². The number of thiocarbonyl (C=S) groups is 2. The monoisotopic (exact) mass is 530 g/mol. The largest absolute Gasteiger partial charge is 0.358 e. The molecule has 2 nitrogen and oxygen atoms in total. The molecule has 2 aromatic carbocycles. The zero-order valence-corrected chi connectivity index (χ0v) is 24.2. The number of thioether (sulfide) groups is 2. The highest BCUT2D eigenvalue weighted by Crippen LogP contribution is 2.36. The van der Waals surface area contributed by atoms with Gasteiger partial charge in [-0.15, -0.1) is 0 Å². The Morgan fingerprint density at radius 2 is 1.35 bits per heavy atom. The number of hydrogen-bond donors (Lipinski definition) is 0. The number of hydrogen-bond acceptors (Lipinski definition) is 4. The number of rotatable bonds is 12. The summed E-state index contributed by atoms with van der Waals surface area (Å²) in [6, 6.07) is 17.8. The SMILES string of the molecule is C=Cc1ccc(CCC(SC(=S)N(CC)CC)c2ccc(CSC(=S)N(CC)CC)cc2)cc1. The van der Waals surface area contributed by atoms with Gasteiger partial charge in [-0.2, -0.15) is 0 Å². The molecular weight excluding hydrogens is 493 g/mol. The van der Waals surface area contributed by atoms with E-state index in [-0.39, 0.29) is 0 Å². The fourth-order valence-corrected chi connectivity index (χ4v) is 6.78. The third-order valence-electron chi connectivity index (χ3n) is 5.91. The van der Waals surface area contributed by atoms with Gasteiger partial charge in [-0.3, -0.25) is 0 Å². The molecule has 0 fully saturated rings. The number of benzene rings is 2. The molecule has 0 aliphatic heterocycles. The summed E-state index contributed by atoms with van der Waals surface area (Å²) in [5.74, 6) is 0.904. The first-order valence-electron chi connectivity index (χ1n) is 12.1. The average molecular weight is 531 g/mol. The van der Waals surface area contributed by atoms with Gasteiger partial charge in [-0.25, -0.2) is 0 Å². The summed E-state index contributed by atoms with van der Waals surface area (Å²) in [5.41, 5.74) is 5.15. The second-order valence-corrected chi connectivity index (χ2v) is 11.4. The van der Waals surface area contributed by atoms with E-state index >= 15 is 0 Å². The van der Waals surface area contributed by atoms with Gasteiger partial charge in [-0.1, -0.05) is 109 Å². The van der Waals surface area contributed by atoms with Crippen LogP contribution in [0.5, 0.6) is 0 Å². The van der Waals surface area contributed by atoms with Crippen LogP contribution >= 0.6 is 48.0 Å². The van der Waals surface area contributed by atoms with E-state index in [0.717, 1.165) is 59.0 Å². The molecule has 0 bridgehead atoms. The van der Waals surface area contributed by atoms with Crippen LogP contribution in [0.4, 0.5) is 0 Å². The highest BCUT2D eigenvalue weighted by molar-refractivity contribution is 8.23. The van der Waals surface area contributed by atoms with Crippen molar-refractivity contribution in [2.24, 2.45) is 0 Å². The van der Waals surface area contributed by atoms with Gasteiger partial charge in [0.05, 0.1) is 0 Å². The molecule has 6 heteroatoms. The lowest BCUT2D eigenvalue weighted by molar-refractivity contribution is 0.482. The van der Waals surface area contributed by atoms with Crippen molar-refractivity contribution in [3.05, 3.63) is 77.4 Å². The summed E-state index contributed by atoms with van der Waals surface area (Å²) in [6.45, 7) is 16.3. The second-order valence-electron chi connectivity index (χ2n) is 8.00. The Hall–Kier alpha value is -1.34. The van der Waals surface area contributed by atoms with E-state index in [1.165, 1.54) is 16.7 Å². The Balaban J connectivity index is 2.10. The lowest BCUT2D eigenvalue weighted by Crippen LogP contribution is -2.27. The van der Waals surface area contributed by atoms with Gasteiger partial charge in [0.2, 0.25) is 0 Å². The van der Waals surface area contributed by atoms with Crippen LogP contribution in [-0.4, -0.2) is 44.6 Å². The summed E-state index contributed by atoms with van der Waals surface area (Å²) in [7, 11) is 0. The van der Waals surface area contributed by atoms with Crippen molar-refractivity contribution >= 4 is 62.7 Å². The van der Waals surface area contributed by atoms with Crippen molar-refractivity contribution in [1.82, 2.24) is 9.80 Å². The summed E-state index contributed by atoms with van der Waals surface area (Å²) < 4.78 is 1.97. The quantitative estimate of drug-likeness (QED) is 0.253. The smallest absolute Gasteiger partial charge is 0.136 e. The fourth-order valence-electron chi connectivity index (χ4n) is 3.64. The summed E-state index contributed by atoms with van der Waals surface area (Å²) in [5, 5.41) is 0.325. The minimum absolute atomic E-state index is 0.325. The lowest BCUT2D eigenvalue weighted by Gasteiger charge is -2.25. The van der Waals surface area contributed by atoms with Crippen LogP contribution in [0.2, 0.25) is 0 Å². The highest BCUT2D eigenvalue weighted by Gasteiger charge is 2.18. The molecule has 1 atom stereocenters. The van der Waals surface area contributed by atoms with E-state index in [4.69, 9.17) is 24.4 Å². The maximum absolute atomic E-state index is 5.81. The van der Waals surface area contributed by atoms with E-state index in [9.17, 15) is 0 Å². The van der Waals surface area contributed by atoms with Crippen LogP contribution in [0.1, 0.15) is 61.6 Å². The van der Waals surface area contributed by atoms with Gasteiger partial charge in [0.1, 0.15) is 8.64 Å². The van der Waals surface area contributed by atoms with Gasteiger partial charge in [0.15, 0.2) is 0 Å². The zero-order valence-electron chi connectivity index (χ0n) is 21.0. The van der Waals surface area contributed by atoms with E-state index in [2.05, 4.69) is 92.6 Å². The summed E-state index contributed by atoms with van der Waals surface area (Å²) in [4.78, 5) is 4.50. The average Bonchev–Trinajstić information content (AvgIpc) is 2.87. The molecule has 2 rings (SSSR count). The van der Waals surface area contributed by atoms with Crippen molar-refractivity contribution in [3.63, 3.8) is 0 Å². The Morgan fingerprint density at radius 3 is 1.88 bits per heavy atom. The number of aryl methyl sites for hydroxylation is 1. The minimum Gasteiger partial charge on any atom is -0.358 e. The van der Waals surface area contributed by atoms with Crippen molar-refractivity contribution in [3.8, 4) is 0 Å². The normalized spacial score (nSPS) is 11.6. The molecule has 0 aromatic heterocycles. The Morgan fingerprint density at radius 1 is 0.824 bits per heavy atom. The Labute approximate surface area is 226 Å². The fraction of sp³-hybridized carbons (Fsp3) is 0.429. The van der Waals surface area contributed by atoms with Gasteiger partial charge in [0.25, 0.3) is 0 Å². The maximum Gasteiger partial charge on any atom is 0.136 e. The first-order chi connectivity index (χ1) is 16.4. The first-order valence-corrected chi connectivity index (χ1v) is 14.8. The summed E-state index contributed by atoms with van der Waals surface area (Å²) in [6.07, 6.45) is 3.95. The molecule has 0 saturated heterocycles. The third kappa shape index (κ3) is 9.03. The van der Waals surface area contributed by atoms with Gasteiger partial charge >= 0.3 is 0 Å². The van der Waals surface area contributed by atoms with Crippen LogP contribution in [0, 0.1) is 0 Å². The Bertz CT molecular complexity index is 901. The molecule has 0 spiro atoms. The molecule has 0 N–H and O–H groups in total. The molecule has 0 radical (unpaired) electrons. The van der Waals surface area contributed by atoms with Crippen LogP contribution in [0.25, 0.3) is 6.08 Å². The molecule has 0 amide bonds. The van der Waals surface area contributed by atoms with Gasteiger partial charge in [0, 0.05) is 37.2 Å². The maximum atomic E-state index is 5.81. The summed E-state index contributed by atoms with van der Waals surface area (Å²) >= 11 is 15.0. The van der Waals surface area contributed by atoms with Crippen LogP contribution in [0.15, 0.2) is 55.1 Å². The zero-order chi connectivity index (χ0) is 24.9. The molecule has 0 aliphatic rings. The standard InChI is InChI=1S/C28H38N2S4/c1-6-22-11-13-23(14-12-22)17-20-26(34-28(32)30(9-4)10-5)25-18-15-24(16-19-25)21-33-27(31)29(7-2)8-3/h6,11-16,18-19,26H,1,7-10,17,20-21H2,2-5H3. The first kappa shape index (κ1) is 28.9. The Kier molecular flexibility index (Phi) is 13.3. The van der Waals surface area contributed by atoms with Crippen LogP contribution in [0.3, 0.4) is 0 Å². The molecule has 2 aromatic rings. The molecule has 0 aliphatic carbocycles. The lowest BCUT2D eigenvalue weighted by atomic mass is 10.0. The minimum atomic E-state index is 0.325. The van der Waals surface area contributed by atoms with Crippen molar-refractivity contribution in [1.29, 1.82) is 0 Å². The predicted octanol–water partition coefficient (Wildman–Crippen LogP) is 8.22. The van der Waals surface area contributed by atoms with Gasteiger partial charge in [-0.05, 0) is 62.8 Å². The van der Waals surface area contributed by atoms with E-state index < -0.39 is 0 Å². The van der Waals surface area contributed by atoms with Gasteiger partial charge < -0.3 is 9.80 Å².